The summed E-state index contributed by atoms with van der Waals surface area (Å²) in [7, 11) is 0. The van der Waals surface area contributed by atoms with Crippen LogP contribution in [0.3, 0.4) is 0 Å². The van der Waals surface area contributed by atoms with Gasteiger partial charge in [0.2, 0.25) is 0 Å². The number of hydrogen-bond donors (Lipinski definition) is 0. The Hall–Kier alpha value is -3.48. The molecule has 0 radical (unpaired) electrons. The quantitative estimate of drug-likeness (QED) is 0.583. The van der Waals surface area contributed by atoms with Crippen molar-refractivity contribution < 1.29 is 28.7 Å². The molecule has 0 spiro atoms. The highest BCUT2D eigenvalue weighted by molar-refractivity contribution is 6.34. The SMILES string of the molecule is Cc1ccccc1N1C(=O)c2ccc(C(=O)OCC(=O)OC(C)(C)C)cc2C1=O. The second-order valence-electron chi connectivity index (χ2n) is 7.66. The maximum atomic E-state index is 12.8. The van der Waals surface area contributed by atoms with Crippen molar-refractivity contribution in [2.45, 2.75) is 33.3 Å². The van der Waals surface area contributed by atoms with Crippen LogP contribution >= 0.6 is 0 Å². The van der Waals surface area contributed by atoms with E-state index in [9.17, 15) is 19.2 Å². The monoisotopic (exact) mass is 395 g/mol. The van der Waals surface area contributed by atoms with Gasteiger partial charge in [-0.1, -0.05) is 18.2 Å². The first-order valence-corrected chi connectivity index (χ1v) is 9.06. The lowest BCUT2D eigenvalue weighted by atomic mass is 10.1. The van der Waals surface area contributed by atoms with Crippen molar-refractivity contribution in [1.29, 1.82) is 0 Å². The number of nitrogens with zero attached hydrogens (tertiary/aromatic N) is 1. The summed E-state index contributed by atoms with van der Waals surface area (Å²) in [6.07, 6.45) is 0. The first-order valence-electron chi connectivity index (χ1n) is 9.06. The number of para-hydroxylation sites is 1. The fourth-order valence-electron chi connectivity index (χ4n) is 2.98. The number of amides is 2. The number of anilines is 1. The van der Waals surface area contributed by atoms with Crippen LogP contribution < -0.4 is 4.90 Å². The van der Waals surface area contributed by atoms with Crippen LogP contribution in [-0.4, -0.2) is 36.0 Å². The maximum absolute atomic E-state index is 12.8. The molecule has 0 N–H and O–H groups in total. The van der Waals surface area contributed by atoms with Crippen LogP contribution in [0.1, 0.15) is 57.4 Å². The van der Waals surface area contributed by atoms with Crippen LogP contribution in [0.4, 0.5) is 5.69 Å². The summed E-state index contributed by atoms with van der Waals surface area (Å²) in [4.78, 5) is 50.6. The molecule has 0 aromatic heterocycles. The van der Waals surface area contributed by atoms with Crippen molar-refractivity contribution in [2.24, 2.45) is 0 Å². The van der Waals surface area contributed by atoms with Crippen molar-refractivity contribution in [3.05, 3.63) is 64.7 Å². The van der Waals surface area contributed by atoms with Crippen molar-refractivity contribution in [3.63, 3.8) is 0 Å². The molecule has 7 heteroatoms. The van der Waals surface area contributed by atoms with Gasteiger partial charge < -0.3 is 9.47 Å². The highest BCUT2D eigenvalue weighted by atomic mass is 16.6. The van der Waals surface area contributed by atoms with Crippen LogP contribution in [0, 0.1) is 6.92 Å². The second-order valence-corrected chi connectivity index (χ2v) is 7.66. The summed E-state index contributed by atoms with van der Waals surface area (Å²) in [6, 6.07) is 11.2. The van der Waals surface area contributed by atoms with E-state index in [4.69, 9.17) is 9.47 Å². The van der Waals surface area contributed by atoms with E-state index in [1.807, 2.05) is 6.07 Å². The predicted molar refractivity (Wildman–Crippen MR) is 105 cm³/mol. The fraction of sp³-hybridized carbons (Fsp3) is 0.273. The number of aryl methyl sites for hydroxylation is 1. The minimum atomic E-state index is -0.784. The molecule has 0 fully saturated rings. The molecule has 1 aliphatic rings. The Bertz CT molecular complexity index is 1020. The Kier molecular flexibility index (Phi) is 5.24. The zero-order valence-electron chi connectivity index (χ0n) is 16.6. The molecular weight excluding hydrogens is 374 g/mol. The average Bonchev–Trinajstić information content (AvgIpc) is 2.89. The number of hydrogen-bond acceptors (Lipinski definition) is 6. The van der Waals surface area contributed by atoms with E-state index < -0.39 is 36.0 Å². The van der Waals surface area contributed by atoms with Crippen LogP contribution in [0.15, 0.2) is 42.5 Å². The summed E-state index contributed by atoms with van der Waals surface area (Å²) < 4.78 is 10.0. The molecule has 0 saturated heterocycles. The fourth-order valence-corrected chi connectivity index (χ4v) is 2.98. The zero-order chi connectivity index (χ0) is 21.3. The van der Waals surface area contributed by atoms with Gasteiger partial charge in [-0.25, -0.2) is 14.5 Å². The average molecular weight is 395 g/mol. The molecule has 0 unspecified atom stereocenters. The summed E-state index contributed by atoms with van der Waals surface area (Å²) in [5.74, 6) is -2.42. The number of fused-ring (bicyclic) bond motifs is 1. The van der Waals surface area contributed by atoms with Gasteiger partial charge >= 0.3 is 11.9 Å². The molecule has 7 nitrogen and oxygen atoms in total. The number of carbonyl (C=O) groups excluding carboxylic acids is 4. The number of carbonyl (C=O) groups is 4. The summed E-state index contributed by atoms with van der Waals surface area (Å²) in [5.41, 5.74) is 0.974. The van der Waals surface area contributed by atoms with Crippen molar-refractivity contribution in [2.75, 3.05) is 11.5 Å². The molecule has 1 aliphatic heterocycles. The predicted octanol–water partition coefficient (Wildman–Crippen LogP) is 3.29. The summed E-state index contributed by atoms with van der Waals surface area (Å²) in [5, 5.41) is 0. The minimum absolute atomic E-state index is 0.0695. The third-order valence-electron chi connectivity index (χ3n) is 4.22. The Labute approximate surface area is 168 Å². The van der Waals surface area contributed by atoms with Gasteiger partial charge in [-0.3, -0.25) is 9.59 Å². The first kappa shape index (κ1) is 20.3. The molecule has 150 valence electrons. The van der Waals surface area contributed by atoms with Crippen molar-refractivity contribution >= 4 is 29.4 Å². The normalized spacial score (nSPS) is 13.3. The highest BCUT2D eigenvalue weighted by Crippen LogP contribution is 2.31. The lowest BCUT2D eigenvalue weighted by Crippen LogP contribution is -2.29. The number of imide groups is 1. The molecule has 0 aliphatic carbocycles. The van der Waals surface area contributed by atoms with E-state index in [0.717, 1.165) is 10.5 Å². The van der Waals surface area contributed by atoms with E-state index in [1.54, 1.807) is 45.9 Å². The minimum Gasteiger partial charge on any atom is -0.457 e. The molecule has 29 heavy (non-hydrogen) atoms. The van der Waals surface area contributed by atoms with Gasteiger partial charge in [0.05, 0.1) is 22.4 Å². The lowest BCUT2D eigenvalue weighted by molar-refractivity contribution is -0.158. The molecule has 0 atom stereocenters. The van der Waals surface area contributed by atoms with Gasteiger partial charge in [0.1, 0.15) is 5.60 Å². The Morgan fingerprint density at radius 3 is 2.28 bits per heavy atom. The van der Waals surface area contributed by atoms with E-state index in [0.29, 0.717) is 5.69 Å². The standard InChI is InChI=1S/C22H21NO6/c1-13-7-5-6-8-17(13)23-19(25)15-10-9-14(11-16(15)20(23)26)21(27)28-12-18(24)29-22(2,3)4/h5-11H,12H2,1-4H3. The summed E-state index contributed by atoms with van der Waals surface area (Å²) in [6.45, 7) is 6.37. The van der Waals surface area contributed by atoms with E-state index >= 15 is 0 Å². The largest absolute Gasteiger partial charge is 0.457 e. The molecule has 2 amide bonds. The third kappa shape index (κ3) is 4.18. The van der Waals surface area contributed by atoms with E-state index in [-0.39, 0.29) is 16.7 Å². The highest BCUT2D eigenvalue weighted by Gasteiger charge is 2.37. The molecule has 1 heterocycles. The van der Waals surface area contributed by atoms with Crippen molar-refractivity contribution in [1.82, 2.24) is 0 Å². The Morgan fingerprint density at radius 1 is 0.966 bits per heavy atom. The van der Waals surface area contributed by atoms with Gasteiger partial charge in [-0.15, -0.1) is 0 Å². The van der Waals surface area contributed by atoms with Crippen LogP contribution in [0.25, 0.3) is 0 Å². The Morgan fingerprint density at radius 2 is 1.62 bits per heavy atom. The van der Waals surface area contributed by atoms with Gasteiger partial charge in [-0.2, -0.15) is 0 Å². The Balaban J connectivity index is 1.79. The van der Waals surface area contributed by atoms with Crippen LogP contribution in [0.2, 0.25) is 0 Å². The van der Waals surface area contributed by atoms with Crippen LogP contribution in [-0.2, 0) is 14.3 Å². The number of esters is 2. The molecule has 2 aromatic rings. The molecule has 0 bridgehead atoms. The zero-order valence-corrected chi connectivity index (χ0v) is 16.6. The second kappa shape index (κ2) is 7.50. The third-order valence-corrected chi connectivity index (χ3v) is 4.22. The number of rotatable bonds is 4. The lowest BCUT2D eigenvalue weighted by Gasteiger charge is -2.19. The molecule has 2 aromatic carbocycles. The molecule has 3 rings (SSSR count). The maximum Gasteiger partial charge on any atom is 0.344 e. The molecule has 0 saturated carbocycles. The van der Waals surface area contributed by atoms with Gasteiger partial charge in [-0.05, 0) is 57.5 Å². The van der Waals surface area contributed by atoms with Crippen LogP contribution in [0.5, 0.6) is 0 Å². The first-order chi connectivity index (χ1) is 13.6. The van der Waals surface area contributed by atoms with E-state index in [2.05, 4.69) is 0 Å². The van der Waals surface area contributed by atoms with E-state index in [1.165, 1.54) is 18.2 Å². The van der Waals surface area contributed by atoms with Gasteiger partial charge in [0.15, 0.2) is 6.61 Å². The van der Waals surface area contributed by atoms with Gasteiger partial charge in [0.25, 0.3) is 11.8 Å². The smallest absolute Gasteiger partial charge is 0.344 e. The number of ether oxygens (including phenoxy) is 2. The summed E-state index contributed by atoms with van der Waals surface area (Å²) >= 11 is 0. The molecular formula is C22H21NO6. The van der Waals surface area contributed by atoms with Gasteiger partial charge in [0, 0.05) is 0 Å². The number of benzene rings is 2. The van der Waals surface area contributed by atoms with Crippen molar-refractivity contribution in [3.8, 4) is 0 Å². The topological polar surface area (TPSA) is 90.0 Å².